The lowest BCUT2D eigenvalue weighted by Crippen LogP contribution is -2.34. The van der Waals surface area contributed by atoms with E-state index in [4.69, 9.17) is 0 Å². The molecule has 1 heterocycles. The Bertz CT molecular complexity index is 957. The van der Waals surface area contributed by atoms with Gasteiger partial charge in [-0.15, -0.1) is 5.10 Å². The van der Waals surface area contributed by atoms with Gasteiger partial charge in [-0.3, -0.25) is 4.79 Å². The van der Waals surface area contributed by atoms with E-state index in [2.05, 4.69) is 53.7 Å². The summed E-state index contributed by atoms with van der Waals surface area (Å²) in [5.74, 6) is 0.289. The third kappa shape index (κ3) is 5.23. The van der Waals surface area contributed by atoms with E-state index in [1.165, 1.54) is 28.5 Å². The molecular weight excluding hydrogens is 382 g/mol. The van der Waals surface area contributed by atoms with Gasteiger partial charge in [-0.1, -0.05) is 55.1 Å². The van der Waals surface area contributed by atoms with Crippen LogP contribution in [0, 0.1) is 13.8 Å². The van der Waals surface area contributed by atoms with E-state index in [-0.39, 0.29) is 11.2 Å². The van der Waals surface area contributed by atoms with Gasteiger partial charge in [0.15, 0.2) is 0 Å². The van der Waals surface area contributed by atoms with Gasteiger partial charge in [0.25, 0.3) is 0 Å². The first-order valence-electron chi connectivity index (χ1n) is 9.85. The monoisotopic (exact) mass is 409 g/mol. The zero-order valence-electron chi connectivity index (χ0n) is 17.3. The Labute approximate surface area is 176 Å². The van der Waals surface area contributed by atoms with Crippen molar-refractivity contribution in [1.82, 2.24) is 25.5 Å². The predicted octanol–water partition coefficient (Wildman–Crippen LogP) is 4.07. The Morgan fingerprint density at radius 1 is 1.14 bits per heavy atom. The molecule has 2 aromatic carbocycles. The lowest BCUT2D eigenvalue weighted by Gasteiger charge is -2.18. The van der Waals surface area contributed by atoms with Crippen molar-refractivity contribution in [1.29, 1.82) is 0 Å². The van der Waals surface area contributed by atoms with Gasteiger partial charge in [-0.2, -0.15) is 4.68 Å². The Kier molecular flexibility index (Phi) is 7.04. The van der Waals surface area contributed by atoms with Crippen LogP contribution in [-0.4, -0.2) is 37.9 Å². The minimum atomic E-state index is -0.306. The molecule has 0 aliphatic rings. The Balaban J connectivity index is 1.63. The molecule has 0 saturated heterocycles. The third-order valence-electron chi connectivity index (χ3n) is 5.11. The van der Waals surface area contributed by atoms with Crippen molar-refractivity contribution >= 4 is 17.7 Å². The van der Waals surface area contributed by atoms with Crippen LogP contribution in [0.2, 0.25) is 0 Å². The average molecular weight is 410 g/mol. The standard InChI is InChI=1S/C22H27N5OS/c1-5-18(19-9-7-6-8-10-19)14-23-21(28)17(4)29-22-24-25-26-27(22)20-12-11-15(2)16(3)13-20/h6-13,17-18H,5,14H2,1-4H3,(H,23,28)/t17-,18+/m1/s1. The quantitative estimate of drug-likeness (QED) is 0.568. The number of benzene rings is 2. The molecule has 29 heavy (non-hydrogen) atoms. The summed E-state index contributed by atoms with van der Waals surface area (Å²) in [5.41, 5.74) is 4.52. The number of tetrazole rings is 1. The molecule has 1 aromatic heterocycles. The van der Waals surface area contributed by atoms with Crippen molar-refractivity contribution in [3.63, 3.8) is 0 Å². The van der Waals surface area contributed by atoms with Gasteiger partial charge in [-0.05, 0) is 66.4 Å². The van der Waals surface area contributed by atoms with Gasteiger partial charge >= 0.3 is 0 Å². The van der Waals surface area contributed by atoms with E-state index in [1.54, 1.807) is 4.68 Å². The normalized spacial score (nSPS) is 13.1. The zero-order chi connectivity index (χ0) is 20.8. The molecule has 0 radical (unpaired) electrons. The topological polar surface area (TPSA) is 72.7 Å². The molecule has 0 saturated carbocycles. The molecule has 3 aromatic rings. The molecule has 2 atom stereocenters. The summed E-state index contributed by atoms with van der Waals surface area (Å²) in [7, 11) is 0. The van der Waals surface area contributed by atoms with E-state index in [0.29, 0.717) is 17.6 Å². The van der Waals surface area contributed by atoms with Crippen LogP contribution in [0.3, 0.4) is 0 Å². The van der Waals surface area contributed by atoms with Crippen LogP contribution in [0.4, 0.5) is 0 Å². The molecule has 0 aliphatic carbocycles. The lowest BCUT2D eigenvalue weighted by atomic mass is 9.96. The summed E-state index contributed by atoms with van der Waals surface area (Å²) < 4.78 is 1.68. The smallest absolute Gasteiger partial charge is 0.233 e. The molecule has 0 bridgehead atoms. The lowest BCUT2D eigenvalue weighted by molar-refractivity contribution is -0.120. The first kappa shape index (κ1) is 21.0. The maximum atomic E-state index is 12.7. The highest BCUT2D eigenvalue weighted by Crippen LogP contribution is 2.24. The highest BCUT2D eigenvalue weighted by atomic mass is 32.2. The summed E-state index contributed by atoms with van der Waals surface area (Å²) in [6, 6.07) is 16.4. The molecule has 0 aliphatic heterocycles. The van der Waals surface area contributed by atoms with Crippen LogP contribution < -0.4 is 5.32 Å². The number of nitrogens with one attached hydrogen (secondary N) is 1. The number of aromatic nitrogens is 4. The van der Waals surface area contributed by atoms with E-state index >= 15 is 0 Å². The number of hydrogen-bond acceptors (Lipinski definition) is 5. The zero-order valence-corrected chi connectivity index (χ0v) is 18.1. The van der Waals surface area contributed by atoms with Gasteiger partial charge in [0, 0.05) is 12.5 Å². The van der Waals surface area contributed by atoms with Crippen LogP contribution in [0.5, 0.6) is 0 Å². The molecule has 7 heteroatoms. The van der Waals surface area contributed by atoms with E-state index in [9.17, 15) is 4.79 Å². The highest BCUT2D eigenvalue weighted by molar-refractivity contribution is 8.00. The van der Waals surface area contributed by atoms with Gasteiger partial charge in [0.1, 0.15) is 0 Å². The summed E-state index contributed by atoms with van der Waals surface area (Å²) in [6.07, 6.45) is 0.969. The second-order valence-electron chi connectivity index (χ2n) is 7.16. The number of amides is 1. The van der Waals surface area contributed by atoms with Crippen molar-refractivity contribution in [3.05, 3.63) is 65.2 Å². The largest absolute Gasteiger partial charge is 0.355 e. The van der Waals surface area contributed by atoms with E-state index < -0.39 is 0 Å². The Hall–Kier alpha value is -2.67. The number of hydrogen-bond donors (Lipinski definition) is 1. The molecule has 0 spiro atoms. The predicted molar refractivity (Wildman–Crippen MR) is 116 cm³/mol. The highest BCUT2D eigenvalue weighted by Gasteiger charge is 2.20. The number of carbonyl (C=O) groups excluding carboxylic acids is 1. The summed E-state index contributed by atoms with van der Waals surface area (Å²) in [4.78, 5) is 12.7. The van der Waals surface area contributed by atoms with Gasteiger partial charge in [0.2, 0.25) is 11.1 Å². The van der Waals surface area contributed by atoms with Crippen LogP contribution in [0.1, 0.15) is 42.9 Å². The second kappa shape index (κ2) is 9.69. The first-order chi connectivity index (χ1) is 14.0. The fraction of sp³-hybridized carbons (Fsp3) is 0.364. The first-order valence-corrected chi connectivity index (χ1v) is 10.7. The third-order valence-corrected chi connectivity index (χ3v) is 6.15. The van der Waals surface area contributed by atoms with E-state index in [0.717, 1.165) is 12.1 Å². The van der Waals surface area contributed by atoms with Crippen molar-refractivity contribution in [2.24, 2.45) is 0 Å². The van der Waals surface area contributed by atoms with Crippen LogP contribution >= 0.6 is 11.8 Å². The Morgan fingerprint density at radius 2 is 1.90 bits per heavy atom. The molecule has 1 amide bonds. The summed E-state index contributed by atoms with van der Waals surface area (Å²) in [6.45, 7) is 8.76. The van der Waals surface area contributed by atoms with Gasteiger partial charge < -0.3 is 5.32 Å². The SMILES string of the molecule is CC[C@@H](CNC(=O)[C@@H](C)Sc1nnnn1-c1ccc(C)c(C)c1)c1ccccc1. The van der Waals surface area contributed by atoms with Crippen molar-refractivity contribution in [2.45, 2.75) is 50.4 Å². The number of thioether (sulfide) groups is 1. The summed E-state index contributed by atoms with van der Waals surface area (Å²) >= 11 is 1.36. The molecule has 0 unspecified atom stereocenters. The van der Waals surface area contributed by atoms with Crippen molar-refractivity contribution in [2.75, 3.05) is 6.54 Å². The summed E-state index contributed by atoms with van der Waals surface area (Å²) in [5, 5.41) is 15.4. The minimum Gasteiger partial charge on any atom is -0.355 e. The van der Waals surface area contributed by atoms with Gasteiger partial charge in [-0.25, -0.2) is 0 Å². The van der Waals surface area contributed by atoms with Crippen molar-refractivity contribution < 1.29 is 4.79 Å². The molecule has 1 N–H and O–H groups in total. The molecule has 3 rings (SSSR count). The average Bonchev–Trinajstić information content (AvgIpc) is 3.19. The molecule has 152 valence electrons. The number of nitrogens with zero attached hydrogens (tertiary/aromatic N) is 4. The van der Waals surface area contributed by atoms with E-state index in [1.807, 2.05) is 43.3 Å². The fourth-order valence-corrected chi connectivity index (χ4v) is 3.91. The second-order valence-corrected chi connectivity index (χ2v) is 8.47. The molecular formula is C22H27N5OS. The maximum absolute atomic E-state index is 12.7. The van der Waals surface area contributed by atoms with Crippen LogP contribution in [-0.2, 0) is 4.79 Å². The minimum absolute atomic E-state index is 0.0148. The van der Waals surface area contributed by atoms with Crippen LogP contribution in [0.15, 0.2) is 53.7 Å². The van der Waals surface area contributed by atoms with Gasteiger partial charge in [0.05, 0.1) is 10.9 Å². The number of carbonyl (C=O) groups is 1. The number of rotatable bonds is 8. The van der Waals surface area contributed by atoms with Crippen LogP contribution in [0.25, 0.3) is 5.69 Å². The van der Waals surface area contributed by atoms with Crippen molar-refractivity contribution in [3.8, 4) is 5.69 Å². The molecule has 0 fully saturated rings. The number of aryl methyl sites for hydroxylation is 2. The Morgan fingerprint density at radius 3 is 2.59 bits per heavy atom. The fourth-order valence-electron chi connectivity index (χ4n) is 3.07. The molecule has 6 nitrogen and oxygen atoms in total. The maximum Gasteiger partial charge on any atom is 0.233 e.